The lowest BCUT2D eigenvalue weighted by atomic mass is 10.2. The van der Waals surface area contributed by atoms with Gasteiger partial charge in [0.25, 0.3) is 0 Å². The van der Waals surface area contributed by atoms with Crippen LogP contribution >= 0.6 is 0 Å². The maximum atomic E-state index is 5.56. The fourth-order valence-corrected chi connectivity index (χ4v) is 1.20. The van der Waals surface area contributed by atoms with E-state index >= 15 is 0 Å². The number of nitrogen functional groups attached to an aromatic ring is 4. The molecule has 0 aliphatic carbocycles. The molecule has 2 rings (SSSR count). The Labute approximate surface area is 101 Å². The summed E-state index contributed by atoms with van der Waals surface area (Å²) in [4.78, 5) is 0. The van der Waals surface area contributed by atoms with Crippen LogP contribution in [-0.2, 0) is 0 Å². The summed E-state index contributed by atoms with van der Waals surface area (Å²) in [5, 5.41) is 0. The summed E-state index contributed by atoms with van der Waals surface area (Å²) >= 11 is 0. The Morgan fingerprint density at radius 2 is 1.18 bits per heavy atom. The number of hydrogen-bond donors (Lipinski definition) is 4. The second kappa shape index (κ2) is 5.65. The van der Waals surface area contributed by atoms with Crippen molar-refractivity contribution in [1.82, 2.24) is 0 Å². The Balaban J connectivity index is 0.000000171. The van der Waals surface area contributed by atoms with E-state index in [0.717, 1.165) is 16.9 Å². The van der Waals surface area contributed by atoms with Gasteiger partial charge in [0.1, 0.15) is 0 Å². The zero-order valence-corrected chi connectivity index (χ0v) is 9.85. The molecule has 0 heterocycles. The topological polar surface area (TPSA) is 104 Å². The molecule has 2 aromatic carbocycles. The van der Waals surface area contributed by atoms with Crippen LogP contribution in [0.4, 0.5) is 22.7 Å². The number of aryl methyl sites for hydroxylation is 1. The average Bonchev–Trinajstić information content (AvgIpc) is 2.31. The Kier molecular flexibility index (Phi) is 4.22. The molecule has 0 bridgehead atoms. The van der Waals surface area contributed by atoms with Gasteiger partial charge in [-0.25, -0.2) is 0 Å². The van der Waals surface area contributed by atoms with Gasteiger partial charge in [-0.3, -0.25) is 0 Å². The van der Waals surface area contributed by atoms with Crippen molar-refractivity contribution in [3.05, 3.63) is 48.0 Å². The van der Waals surface area contributed by atoms with E-state index in [1.165, 1.54) is 0 Å². The fraction of sp³-hybridized carbons (Fsp3) is 0.0769. The Morgan fingerprint density at radius 3 is 1.53 bits per heavy atom. The summed E-state index contributed by atoms with van der Waals surface area (Å²) in [6, 6.07) is 12.7. The van der Waals surface area contributed by atoms with E-state index in [1.54, 1.807) is 30.3 Å². The molecule has 0 amide bonds. The molecule has 0 atom stereocenters. The first-order chi connectivity index (χ1) is 8.00. The van der Waals surface area contributed by atoms with Crippen molar-refractivity contribution in [2.75, 3.05) is 22.9 Å². The van der Waals surface area contributed by atoms with E-state index in [4.69, 9.17) is 22.9 Å². The van der Waals surface area contributed by atoms with Crippen LogP contribution in [0.1, 0.15) is 5.56 Å². The molecule has 90 valence electrons. The van der Waals surface area contributed by atoms with Crippen molar-refractivity contribution in [2.24, 2.45) is 0 Å². The summed E-state index contributed by atoms with van der Waals surface area (Å²) in [7, 11) is 0. The van der Waals surface area contributed by atoms with E-state index in [0.29, 0.717) is 11.4 Å². The molecule has 0 unspecified atom stereocenters. The van der Waals surface area contributed by atoms with E-state index in [2.05, 4.69) is 0 Å². The summed E-state index contributed by atoms with van der Waals surface area (Å²) < 4.78 is 0. The molecule has 8 N–H and O–H groups in total. The molecule has 17 heavy (non-hydrogen) atoms. The van der Waals surface area contributed by atoms with Crippen molar-refractivity contribution in [2.45, 2.75) is 6.92 Å². The van der Waals surface area contributed by atoms with Gasteiger partial charge in [-0.15, -0.1) is 0 Å². The van der Waals surface area contributed by atoms with Crippen LogP contribution in [0.5, 0.6) is 0 Å². The molecular formula is C13H18N4. The van der Waals surface area contributed by atoms with Gasteiger partial charge in [-0.1, -0.05) is 12.1 Å². The van der Waals surface area contributed by atoms with E-state index in [9.17, 15) is 0 Å². The molecule has 0 fully saturated rings. The van der Waals surface area contributed by atoms with Gasteiger partial charge in [0.05, 0.1) is 11.4 Å². The first kappa shape index (κ1) is 12.7. The predicted octanol–water partition coefficient (Wildman–Crippen LogP) is 2.01. The van der Waals surface area contributed by atoms with Gasteiger partial charge >= 0.3 is 0 Å². The SMILES string of the molecule is Cc1cccc(N)c1N.Nc1ccc(N)cc1. The van der Waals surface area contributed by atoms with Crippen LogP contribution in [0.25, 0.3) is 0 Å². The minimum absolute atomic E-state index is 0.662. The molecule has 2 aromatic rings. The second-order valence-electron chi connectivity index (χ2n) is 3.74. The number of para-hydroxylation sites is 1. The van der Waals surface area contributed by atoms with Crippen molar-refractivity contribution in [3.8, 4) is 0 Å². The van der Waals surface area contributed by atoms with Gasteiger partial charge in [0.15, 0.2) is 0 Å². The molecule has 0 aliphatic rings. The van der Waals surface area contributed by atoms with E-state index in [-0.39, 0.29) is 0 Å². The van der Waals surface area contributed by atoms with Crippen molar-refractivity contribution in [3.63, 3.8) is 0 Å². The highest BCUT2D eigenvalue weighted by atomic mass is 14.7. The average molecular weight is 230 g/mol. The molecule has 0 aromatic heterocycles. The highest BCUT2D eigenvalue weighted by Crippen LogP contribution is 2.17. The highest BCUT2D eigenvalue weighted by molar-refractivity contribution is 5.66. The van der Waals surface area contributed by atoms with Crippen LogP contribution in [0.3, 0.4) is 0 Å². The highest BCUT2D eigenvalue weighted by Gasteiger charge is 1.93. The normalized spacial score (nSPS) is 9.24. The maximum Gasteiger partial charge on any atom is 0.0577 e. The van der Waals surface area contributed by atoms with Crippen LogP contribution in [-0.4, -0.2) is 0 Å². The summed E-state index contributed by atoms with van der Waals surface area (Å²) in [6.07, 6.45) is 0. The number of hydrogen-bond acceptors (Lipinski definition) is 4. The second-order valence-corrected chi connectivity index (χ2v) is 3.74. The number of benzene rings is 2. The molecule has 0 aliphatic heterocycles. The van der Waals surface area contributed by atoms with Crippen molar-refractivity contribution >= 4 is 22.7 Å². The molecule has 0 radical (unpaired) electrons. The fourth-order valence-electron chi connectivity index (χ4n) is 1.20. The lowest BCUT2D eigenvalue weighted by Crippen LogP contribution is -1.95. The standard InChI is InChI=1S/C7H10N2.C6H8N2/c1-5-3-2-4-6(8)7(5)9;7-5-1-2-6(8)4-3-5/h2-4H,8-9H2,1H3;1-4H,7-8H2. The van der Waals surface area contributed by atoms with E-state index < -0.39 is 0 Å². The summed E-state index contributed by atoms with van der Waals surface area (Å²) in [6.45, 7) is 1.94. The number of anilines is 4. The lowest BCUT2D eigenvalue weighted by Gasteiger charge is -2.00. The van der Waals surface area contributed by atoms with Gasteiger partial charge in [0.2, 0.25) is 0 Å². The molecule has 4 heteroatoms. The van der Waals surface area contributed by atoms with Gasteiger partial charge < -0.3 is 22.9 Å². The third kappa shape index (κ3) is 3.95. The lowest BCUT2D eigenvalue weighted by molar-refractivity contribution is 1.47. The van der Waals surface area contributed by atoms with Crippen molar-refractivity contribution < 1.29 is 0 Å². The molecule has 0 saturated carbocycles. The summed E-state index contributed by atoms with van der Waals surface area (Å²) in [5.41, 5.74) is 25.7. The Bertz CT molecular complexity index is 436. The smallest absolute Gasteiger partial charge is 0.0577 e. The van der Waals surface area contributed by atoms with Gasteiger partial charge in [-0.05, 0) is 42.8 Å². The Hall–Kier alpha value is -2.36. The number of rotatable bonds is 0. The monoisotopic (exact) mass is 230 g/mol. The molecule has 0 spiro atoms. The molecule has 4 nitrogen and oxygen atoms in total. The molecular weight excluding hydrogens is 212 g/mol. The molecule has 0 saturated heterocycles. The van der Waals surface area contributed by atoms with Crippen LogP contribution in [0.15, 0.2) is 42.5 Å². The van der Waals surface area contributed by atoms with Crippen LogP contribution in [0, 0.1) is 6.92 Å². The van der Waals surface area contributed by atoms with Crippen LogP contribution < -0.4 is 22.9 Å². The summed E-state index contributed by atoms with van der Waals surface area (Å²) in [5.74, 6) is 0. The van der Waals surface area contributed by atoms with Gasteiger partial charge in [0, 0.05) is 11.4 Å². The zero-order chi connectivity index (χ0) is 12.8. The third-order valence-corrected chi connectivity index (χ3v) is 2.29. The zero-order valence-electron chi connectivity index (χ0n) is 9.85. The third-order valence-electron chi connectivity index (χ3n) is 2.29. The first-order valence-electron chi connectivity index (χ1n) is 5.22. The first-order valence-corrected chi connectivity index (χ1v) is 5.22. The largest absolute Gasteiger partial charge is 0.399 e. The van der Waals surface area contributed by atoms with Crippen LogP contribution in [0.2, 0.25) is 0 Å². The Morgan fingerprint density at radius 1 is 0.706 bits per heavy atom. The quantitative estimate of drug-likeness (QED) is 0.519. The minimum atomic E-state index is 0.662. The number of nitrogens with two attached hydrogens (primary N) is 4. The predicted molar refractivity (Wildman–Crippen MR) is 75.3 cm³/mol. The van der Waals surface area contributed by atoms with E-state index in [1.807, 2.05) is 19.1 Å². The van der Waals surface area contributed by atoms with Gasteiger partial charge in [-0.2, -0.15) is 0 Å². The minimum Gasteiger partial charge on any atom is -0.399 e. The maximum absolute atomic E-state index is 5.56. The van der Waals surface area contributed by atoms with Crippen molar-refractivity contribution in [1.29, 1.82) is 0 Å².